The minimum atomic E-state index is -1.01. The van der Waals surface area contributed by atoms with Crippen LogP contribution in [0, 0.1) is 16.2 Å². The van der Waals surface area contributed by atoms with Gasteiger partial charge in [0.05, 0.1) is 39.4 Å². The molecule has 4 heterocycles. The first-order valence-electron chi connectivity index (χ1n) is 20.6. The molecule has 2 aromatic carbocycles. The molecule has 1 atom stereocenters. The van der Waals surface area contributed by atoms with Crippen LogP contribution in [0.2, 0.25) is 10.0 Å². The van der Waals surface area contributed by atoms with Crippen molar-refractivity contribution in [3.63, 3.8) is 0 Å². The number of nitrogens with zero attached hydrogens (tertiary/aromatic N) is 5. The number of hydrogen-bond acceptors (Lipinski definition) is 8. The number of carbonyl (C=O) groups is 3. The van der Waals surface area contributed by atoms with Crippen LogP contribution in [-0.2, 0) is 36.1 Å². The van der Waals surface area contributed by atoms with E-state index in [1.54, 1.807) is 36.4 Å². The van der Waals surface area contributed by atoms with Crippen molar-refractivity contribution in [2.75, 3.05) is 38.6 Å². The van der Waals surface area contributed by atoms with E-state index in [4.69, 9.17) is 32.9 Å². The molecule has 4 aromatic rings. The van der Waals surface area contributed by atoms with Crippen molar-refractivity contribution in [3.05, 3.63) is 105 Å². The highest BCUT2D eigenvalue weighted by Crippen LogP contribution is 2.63. The van der Waals surface area contributed by atoms with Gasteiger partial charge in [-0.2, -0.15) is 0 Å². The van der Waals surface area contributed by atoms with Gasteiger partial charge in [0.25, 0.3) is 5.91 Å². The Labute approximate surface area is 364 Å². The number of pyridine rings is 1. The molecule has 320 valence electrons. The van der Waals surface area contributed by atoms with Crippen molar-refractivity contribution in [3.8, 4) is 16.9 Å². The standard InChI is InChI=1S/C46H49Cl2FN6O6/c1-4-45(42(57)58)17-20-55(27-45)24-29-23-50-34(22-37(29)61-3)32(49)21-28-7-5-8-30(38(28)47)31-9-6-10-33(39(31)48)52-41(56)40-51-35-25-54(18-11-36(35)53(40)2)19-16-44-12-14-46(26-44,15-13-44)43(59)60/h4-10,21-23H,1,11-20,24-27H2,2-3H3,(H,52,56)(H,57,58)(H,59,60)/b32-21-/t44?,45-,46?/m0/s1. The largest absolute Gasteiger partial charge is 0.496 e. The predicted molar refractivity (Wildman–Crippen MR) is 232 cm³/mol. The highest BCUT2D eigenvalue weighted by Gasteiger charge is 2.57. The van der Waals surface area contributed by atoms with Crippen molar-refractivity contribution >= 4 is 58.6 Å². The fourth-order valence-electron chi connectivity index (χ4n) is 10.0. The summed E-state index contributed by atoms with van der Waals surface area (Å²) in [7, 11) is 3.33. The molecule has 15 heteroatoms. The fraction of sp³-hybridized carbons (Fsp3) is 0.413. The number of carboxylic acid groups (broad SMARTS) is 2. The average Bonchev–Trinajstić information content (AvgIpc) is 4.04. The number of aliphatic carboxylic acids is 2. The van der Waals surface area contributed by atoms with Crippen LogP contribution in [-0.4, -0.2) is 85.7 Å². The van der Waals surface area contributed by atoms with E-state index in [-0.39, 0.29) is 27.0 Å². The van der Waals surface area contributed by atoms with Gasteiger partial charge in [-0.3, -0.25) is 29.2 Å². The summed E-state index contributed by atoms with van der Waals surface area (Å²) in [5, 5.41) is 23.0. The number of hydrogen-bond donors (Lipinski definition) is 3. The van der Waals surface area contributed by atoms with Gasteiger partial charge in [0.15, 0.2) is 5.82 Å². The van der Waals surface area contributed by atoms with Crippen molar-refractivity contribution in [2.45, 2.75) is 64.5 Å². The average molecular weight is 872 g/mol. The lowest BCUT2D eigenvalue weighted by molar-refractivity contribution is -0.148. The van der Waals surface area contributed by atoms with Gasteiger partial charge in [0.1, 0.15) is 17.3 Å². The monoisotopic (exact) mass is 870 g/mol. The van der Waals surface area contributed by atoms with Crippen LogP contribution < -0.4 is 10.1 Å². The van der Waals surface area contributed by atoms with E-state index in [2.05, 4.69) is 21.8 Å². The second-order valence-corrected chi connectivity index (χ2v) is 18.0. The Morgan fingerprint density at radius 2 is 1.74 bits per heavy atom. The van der Waals surface area contributed by atoms with Crippen molar-refractivity contribution in [2.24, 2.45) is 23.3 Å². The Bertz CT molecular complexity index is 2460. The number of fused-ring (bicyclic) bond motifs is 3. The molecule has 3 fully saturated rings. The fourth-order valence-corrected chi connectivity index (χ4v) is 10.6. The summed E-state index contributed by atoms with van der Waals surface area (Å²) in [4.78, 5) is 51.1. The maximum absolute atomic E-state index is 15.9. The molecule has 2 aliphatic heterocycles. The van der Waals surface area contributed by atoms with E-state index in [1.807, 2.05) is 16.5 Å². The zero-order valence-corrected chi connectivity index (χ0v) is 35.8. The smallest absolute Gasteiger partial charge is 0.314 e. The molecule has 2 bridgehead atoms. The molecule has 2 aromatic heterocycles. The number of benzene rings is 2. The van der Waals surface area contributed by atoms with Crippen LogP contribution in [0.25, 0.3) is 23.0 Å². The van der Waals surface area contributed by atoms with Crippen molar-refractivity contribution in [1.82, 2.24) is 24.3 Å². The Morgan fingerprint density at radius 1 is 1.00 bits per heavy atom. The minimum absolute atomic E-state index is 0.0342. The van der Waals surface area contributed by atoms with E-state index < -0.39 is 34.5 Å². The number of halogens is 3. The molecule has 1 amide bonds. The number of rotatable bonds is 14. The number of aromatic nitrogens is 3. The molecular weight excluding hydrogens is 822 g/mol. The number of carbonyl (C=O) groups excluding carboxylic acids is 1. The van der Waals surface area contributed by atoms with Gasteiger partial charge >= 0.3 is 11.9 Å². The van der Waals surface area contributed by atoms with Gasteiger partial charge in [-0.15, -0.1) is 6.58 Å². The molecule has 4 aliphatic rings. The molecule has 3 N–H and O–H groups in total. The van der Waals surface area contributed by atoms with Crippen LogP contribution in [0.1, 0.15) is 83.8 Å². The predicted octanol–water partition coefficient (Wildman–Crippen LogP) is 8.76. The first-order valence-corrected chi connectivity index (χ1v) is 21.3. The number of ether oxygens (including phenoxy) is 1. The van der Waals surface area contributed by atoms with Crippen molar-refractivity contribution in [1.29, 1.82) is 0 Å². The second-order valence-electron chi connectivity index (χ2n) is 17.3. The van der Waals surface area contributed by atoms with Gasteiger partial charge in [-0.25, -0.2) is 9.37 Å². The minimum Gasteiger partial charge on any atom is -0.496 e. The quantitative estimate of drug-likeness (QED) is 0.105. The molecule has 0 radical (unpaired) electrons. The summed E-state index contributed by atoms with van der Waals surface area (Å²) in [6.07, 6.45) is 10.8. The summed E-state index contributed by atoms with van der Waals surface area (Å²) in [6.45, 7) is 7.29. The van der Waals surface area contributed by atoms with Crippen LogP contribution >= 0.6 is 23.2 Å². The summed E-state index contributed by atoms with van der Waals surface area (Å²) >= 11 is 13.9. The zero-order valence-electron chi connectivity index (χ0n) is 34.3. The van der Waals surface area contributed by atoms with Crippen LogP contribution in [0.4, 0.5) is 10.1 Å². The Balaban J connectivity index is 0.942. The summed E-state index contributed by atoms with van der Waals surface area (Å²) in [5.41, 5.74) is 2.98. The van der Waals surface area contributed by atoms with Crippen LogP contribution in [0.15, 0.2) is 61.3 Å². The second kappa shape index (κ2) is 16.7. The number of imidazole rings is 1. The lowest BCUT2D eigenvalue weighted by Crippen LogP contribution is -2.34. The van der Waals surface area contributed by atoms with Gasteiger partial charge in [0.2, 0.25) is 0 Å². The molecule has 1 saturated heterocycles. The summed E-state index contributed by atoms with van der Waals surface area (Å²) < 4.78 is 23.3. The molecular formula is C46H49Cl2FN6O6. The lowest BCUT2D eigenvalue weighted by atomic mass is 9.80. The number of anilines is 1. The number of likely N-dealkylation sites (tertiary alicyclic amines) is 1. The van der Waals surface area contributed by atoms with E-state index in [9.17, 15) is 24.6 Å². The maximum atomic E-state index is 15.9. The normalized spacial score (nSPS) is 23.9. The van der Waals surface area contributed by atoms with Gasteiger partial charge < -0.3 is 24.8 Å². The molecule has 2 saturated carbocycles. The Kier molecular flexibility index (Phi) is 11.6. The number of methoxy groups -OCH3 is 1. The number of amides is 1. The number of nitrogens with one attached hydrogen (secondary N) is 1. The lowest BCUT2D eigenvalue weighted by Gasteiger charge is -2.32. The third-order valence-corrected chi connectivity index (χ3v) is 14.6. The Hall–Kier alpha value is -5.08. The highest BCUT2D eigenvalue weighted by molar-refractivity contribution is 6.39. The first-order chi connectivity index (χ1) is 29.2. The zero-order chi connectivity index (χ0) is 43.3. The summed E-state index contributed by atoms with van der Waals surface area (Å²) in [5.74, 6) is -1.93. The topological polar surface area (TPSA) is 150 Å². The molecule has 12 nitrogen and oxygen atoms in total. The third kappa shape index (κ3) is 7.97. The summed E-state index contributed by atoms with van der Waals surface area (Å²) in [6, 6.07) is 11.9. The van der Waals surface area contributed by atoms with Gasteiger partial charge in [0, 0.05) is 74.3 Å². The van der Waals surface area contributed by atoms with E-state index in [0.717, 1.165) is 69.4 Å². The molecule has 2 aliphatic carbocycles. The first kappa shape index (κ1) is 42.6. The van der Waals surface area contributed by atoms with Gasteiger partial charge in [-0.05, 0) is 81.2 Å². The Morgan fingerprint density at radius 3 is 2.41 bits per heavy atom. The molecule has 8 rings (SSSR count). The molecule has 0 spiro atoms. The maximum Gasteiger partial charge on any atom is 0.314 e. The van der Waals surface area contributed by atoms with E-state index in [0.29, 0.717) is 66.3 Å². The van der Waals surface area contributed by atoms with Crippen LogP contribution in [0.3, 0.4) is 0 Å². The SMILES string of the molecule is C=C[C@]1(C(=O)O)CCN(Cc2cnc(/C(F)=C/c3cccc(-c4cccc(NC(=O)c5nc6c(n5C)CCN(CCC57CCC(C(=O)O)(CC5)C7)C6)c4Cl)c3Cl)cc2OC)C1. The highest BCUT2D eigenvalue weighted by atomic mass is 35.5. The molecule has 61 heavy (non-hydrogen) atoms. The van der Waals surface area contributed by atoms with E-state index in [1.165, 1.54) is 31.5 Å². The van der Waals surface area contributed by atoms with E-state index >= 15 is 4.39 Å². The third-order valence-electron chi connectivity index (χ3n) is 13.8. The number of carboxylic acids is 2. The van der Waals surface area contributed by atoms with Crippen molar-refractivity contribution < 1.29 is 33.7 Å². The molecule has 0 unspecified atom stereocenters. The van der Waals surface area contributed by atoms with Crippen LogP contribution in [0.5, 0.6) is 5.75 Å². The van der Waals surface area contributed by atoms with Gasteiger partial charge in [-0.1, -0.05) is 59.6 Å².